The second-order valence-electron chi connectivity index (χ2n) is 4.93. The fraction of sp³-hybridized carbons (Fsp3) is 0.733. The van der Waals surface area contributed by atoms with E-state index >= 15 is 0 Å². The number of H-pyrrole nitrogens is 1. The maximum atomic E-state index is 8.66. The van der Waals surface area contributed by atoms with Gasteiger partial charge in [0, 0.05) is 6.42 Å². The molecule has 1 aromatic heterocycles. The van der Waals surface area contributed by atoms with Gasteiger partial charge in [-0.05, 0) is 6.42 Å². The normalized spacial score (nSPS) is 10.4. The van der Waals surface area contributed by atoms with Crippen LogP contribution in [0, 0.1) is 11.3 Å². The van der Waals surface area contributed by atoms with Crippen LogP contribution in [0.2, 0.25) is 0 Å². The lowest BCUT2D eigenvalue weighted by Gasteiger charge is -2.01. The molecule has 0 amide bonds. The molecule has 0 spiro atoms. The number of nitriles is 1. The van der Waals surface area contributed by atoms with Gasteiger partial charge in [-0.15, -0.1) is 0 Å². The van der Waals surface area contributed by atoms with Gasteiger partial charge in [-0.3, -0.25) is 0 Å². The lowest BCUT2D eigenvalue weighted by molar-refractivity contribution is 0.562. The number of hydrogen-bond acceptors (Lipinski definition) is 2. The van der Waals surface area contributed by atoms with E-state index in [1.165, 1.54) is 57.8 Å². The largest absolute Gasteiger partial charge is 0.334 e. The Hall–Kier alpha value is -1.30. The molecule has 0 aromatic carbocycles. The minimum atomic E-state index is 0.570. The number of rotatable bonds is 10. The van der Waals surface area contributed by atoms with Crippen LogP contribution in [0.25, 0.3) is 0 Å². The maximum Gasteiger partial charge on any atom is 0.137 e. The van der Waals surface area contributed by atoms with Gasteiger partial charge in [0.15, 0.2) is 0 Å². The molecule has 0 saturated carbocycles. The molecule has 18 heavy (non-hydrogen) atoms. The molecular weight excluding hydrogens is 222 g/mol. The van der Waals surface area contributed by atoms with E-state index in [4.69, 9.17) is 5.26 Å². The first kappa shape index (κ1) is 14.8. The summed E-state index contributed by atoms with van der Waals surface area (Å²) in [7, 11) is 0. The summed E-state index contributed by atoms with van der Waals surface area (Å²) >= 11 is 0. The zero-order valence-electron chi connectivity index (χ0n) is 11.5. The van der Waals surface area contributed by atoms with E-state index < -0.39 is 0 Å². The summed E-state index contributed by atoms with van der Waals surface area (Å²) in [5, 5.41) is 8.66. The van der Waals surface area contributed by atoms with Gasteiger partial charge in [0.1, 0.15) is 17.6 Å². The molecule has 0 unspecified atom stereocenters. The third-order valence-electron chi connectivity index (χ3n) is 3.27. The van der Waals surface area contributed by atoms with Crippen LogP contribution < -0.4 is 0 Å². The second-order valence-corrected chi connectivity index (χ2v) is 4.93. The predicted molar refractivity (Wildman–Crippen MR) is 74.2 cm³/mol. The van der Waals surface area contributed by atoms with E-state index in [2.05, 4.69) is 23.0 Å². The average molecular weight is 247 g/mol. The third-order valence-corrected chi connectivity index (χ3v) is 3.27. The number of unbranched alkanes of at least 4 members (excludes halogenated alkanes) is 8. The molecule has 0 aliphatic carbocycles. The van der Waals surface area contributed by atoms with Gasteiger partial charge in [-0.1, -0.05) is 58.3 Å². The molecule has 1 heterocycles. The highest BCUT2D eigenvalue weighted by Crippen LogP contribution is 2.10. The Morgan fingerprint density at radius 1 is 1.06 bits per heavy atom. The zero-order valence-corrected chi connectivity index (χ0v) is 11.5. The Kier molecular flexibility index (Phi) is 7.96. The number of nitrogens with zero attached hydrogens (tertiary/aromatic N) is 2. The van der Waals surface area contributed by atoms with Crippen LogP contribution in [0.1, 0.15) is 76.2 Å². The van der Waals surface area contributed by atoms with Gasteiger partial charge >= 0.3 is 0 Å². The Morgan fingerprint density at radius 2 is 1.67 bits per heavy atom. The van der Waals surface area contributed by atoms with Crippen LogP contribution in [0.3, 0.4) is 0 Å². The van der Waals surface area contributed by atoms with E-state index in [1.807, 2.05) is 0 Å². The zero-order chi connectivity index (χ0) is 13.1. The van der Waals surface area contributed by atoms with Gasteiger partial charge in [-0.25, -0.2) is 4.98 Å². The molecular formula is C15H25N3. The van der Waals surface area contributed by atoms with Gasteiger partial charge in [0.2, 0.25) is 0 Å². The Balaban J connectivity index is 1.91. The van der Waals surface area contributed by atoms with Crippen molar-refractivity contribution in [3.05, 3.63) is 17.7 Å². The molecule has 0 bridgehead atoms. The van der Waals surface area contributed by atoms with Gasteiger partial charge in [0.05, 0.1) is 6.20 Å². The maximum absolute atomic E-state index is 8.66. The Bertz CT molecular complexity index is 349. The van der Waals surface area contributed by atoms with Crippen molar-refractivity contribution in [2.45, 2.75) is 71.1 Å². The minimum absolute atomic E-state index is 0.570. The number of aromatic amines is 1. The standard InChI is InChI=1S/C15H25N3/c1-2-3-4-5-6-7-8-9-10-11-15-17-13-14(12-16)18-15/h13H,2-11H2,1H3,(H,17,18). The molecule has 1 rings (SSSR count). The first-order valence-electron chi connectivity index (χ1n) is 7.30. The second kappa shape index (κ2) is 9.70. The fourth-order valence-electron chi connectivity index (χ4n) is 2.15. The summed E-state index contributed by atoms with van der Waals surface area (Å²) in [6.07, 6.45) is 14.6. The molecule has 1 aromatic rings. The van der Waals surface area contributed by atoms with E-state index in [1.54, 1.807) is 6.20 Å². The molecule has 100 valence electrons. The van der Waals surface area contributed by atoms with Crippen molar-refractivity contribution in [2.24, 2.45) is 0 Å². The van der Waals surface area contributed by atoms with Gasteiger partial charge in [-0.2, -0.15) is 5.26 Å². The summed E-state index contributed by atoms with van der Waals surface area (Å²) in [6, 6.07) is 2.06. The lowest BCUT2D eigenvalue weighted by atomic mass is 10.1. The van der Waals surface area contributed by atoms with Crippen molar-refractivity contribution in [3.8, 4) is 6.07 Å². The smallest absolute Gasteiger partial charge is 0.137 e. The highest BCUT2D eigenvalue weighted by atomic mass is 14.9. The highest BCUT2D eigenvalue weighted by Gasteiger charge is 1.99. The van der Waals surface area contributed by atoms with Crippen LogP contribution in [0.15, 0.2) is 6.20 Å². The molecule has 1 N–H and O–H groups in total. The molecule has 3 nitrogen and oxygen atoms in total. The van der Waals surface area contributed by atoms with Crippen LogP contribution in [-0.2, 0) is 6.42 Å². The quantitative estimate of drug-likeness (QED) is 0.625. The van der Waals surface area contributed by atoms with E-state index in [0.717, 1.165) is 12.2 Å². The lowest BCUT2D eigenvalue weighted by Crippen LogP contribution is -1.89. The van der Waals surface area contributed by atoms with Crippen LogP contribution in [-0.4, -0.2) is 9.97 Å². The van der Waals surface area contributed by atoms with Crippen molar-refractivity contribution in [3.63, 3.8) is 0 Å². The molecule has 0 saturated heterocycles. The Labute approximate surface area is 111 Å². The van der Waals surface area contributed by atoms with E-state index in [0.29, 0.717) is 5.69 Å². The average Bonchev–Trinajstić information content (AvgIpc) is 2.85. The highest BCUT2D eigenvalue weighted by molar-refractivity contribution is 5.17. The fourth-order valence-corrected chi connectivity index (χ4v) is 2.15. The third kappa shape index (κ3) is 6.44. The molecule has 0 atom stereocenters. The minimum Gasteiger partial charge on any atom is -0.334 e. The molecule has 0 aliphatic rings. The first-order chi connectivity index (χ1) is 8.86. The molecule has 0 aliphatic heterocycles. The SMILES string of the molecule is CCCCCCCCCCCc1ncc(C#N)[nH]1. The number of aromatic nitrogens is 2. The number of aryl methyl sites for hydroxylation is 1. The summed E-state index contributed by atoms with van der Waals surface area (Å²) < 4.78 is 0. The van der Waals surface area contributed by atoms with Gasteiger partial charge in [0.25, 0.3) is 0 Å². The summed E-state index contributed by atoms with van der Waals surface area (Å²) in [5.74, 6) is 0.953. The number of hydrogen-bond donors (Lipinski definition) is 1. The Morgan fingerprint density at radius 3 is 2.22 bits per heavy atom. The molecule has 0 radical (unpaired) electrons. The number of imidazole rings is 1. The van der Waals surface area contributed by atoms with E-state index in [9.17, 15) is 0 Å². The van der Waals surface area contributed by atoms with Gasteiger partial charge < -0.3 is 4.98 Å². The first-order valence-corrected chi connectivity index (χ1v) is 7.30. The van der Waals surface area contributed by atoms with Crippen molar-refractivity contribution in [1.82, 2.24) is 9.97 Å². The predicted octanol–water partition coefficient (Wildman–Crippen LogP) is 4.35. The monoisotopic (exact) mass is 247 g/mol. The summed E-state index contributed by atoms with van der Waals surface area (Å²) in [6.45, 7) is 2.26. The summed E-state index contributed by atoms with van der Waals surface area (Å²) in [5.41, 5.74) is 0.570. The van der Waals surface area contributed by atoms with E-state index in [-0.39, 0.29) is 0 Å². The van der Waals surface area contributed by atoms with Crippen LogP contribution >= 0.6 is 0 Å². The van der Waals surface area contributed by atoms with Crippen molar-refractivity contribution in [1.29, 1.82) is 5.26 Å². The number of nitrogens with one attached hydrogen (secondary N) is 1. The summed E-state index contributed by atoms with van der Waals surface area (Å²) in [4.78, 5) is 7.19. The molecule has 0 fully saturated rings. The van der Waals surface area contributed by atoms with Crippen molar-refractivity contribution >= 4 is 0 Å². The van der Waals surface area contributed by atoms with Crippen LogP contribution in [0.4, 0.5) is 0 Å². The van der Waals surface area contributed by atoms with Crippen molar-refractivity contribution < 1.29 is 0 Å². The van der Waals surface area contributed by atoms with Crippen LogP contribution in [0.5, 0.6) is 0 Å². The molecule has 3 heteroatoms. The topological polar surface area (TPSA) is 52.5 Å². The van der Waals surface area contributed by atoms with Crippen molar-refractivity contribution in [2.75, 3.05) is 0 Å².